The Labute approximate surface area is 119 Å². The first-order chi connectivity index (χ1) is 9.86. The van der Waals surface area contributed by atoms with Gasteiger partial charge in [-0.2, -0.15) is 0 Å². The number of nitrogens with two attached hydrogens (primary N) is 1. The van der Waals surface area contributed by atoms with E-state index in [1.807, 2.05) is 18.3 Å². The molecule has 4 heteroatoms. The smallest absolute Gasteiger partial charge is 0.128 e. The minimum Gasteiger partial charge on any atom is -0.378 e. The number of hydrogen-bond acceptors (Lipinski definition) is 4. The molecule has 2 heterocycles. The number of benzene rings is 1. The average molecular weight is 269 g/mol. The van der Waals surface area contributed by atoms with Crippen LogP contribution in [0.5, 0.6) is 0 Å². The first-order valence-corrected chi connectivity index (χ1v) is 6.95. The SMILES string of the molecule is NCc1cccc(-c2ccc(N3CCOCC3)nc2)c1. The summed E-state index contributed by atoms with van der Waals surface area (Å²) in [6.45, 7) is 3.95. The Kier molecular flexibility index (Phi) is 3.95. The molecule has 0 atom stereocenters. The summed E-state index contributed by atoms with van der Waals surface area (Å²) in [6.07, 6.45) is 1.93. The molecule has 2 aromatic rings. The minimum atomic E-state index is 0.563. The molecule has 0 aliphatic carbocycles. The van der Waals surface area contributed by atoms with Crippen molar-refractivity contribution < 1.29 is 4.74 Å². The van der Waals surface area contributed by atoms with Crippen LogP contribution in [0.1, 0.15) is 5.56 Å². The summed E-state index contributed by atoms with van der Waals surface area (Å²) in [6, 6.07) is 12.5. The summed E-state index contributed by atoms with van der Waals surface area (Å²) >= 11 is 0. The predicted octanol–water partition coefficient (Wildman–Crippen LogP) is 2.04. The number of hydrogen-bond donors (Lipinski definition) is 1. The molecule has 1 aliphatic heterocycles. The molecule has 0 amide bonds. The van der Waals surface area contributed by atoms with Crippen molar-refractivity contribution >= 4 is 5.82 Å². The van der Waals surface area contributed by atoms with E-state index in [-0.39, 0.29) is 0 Å². The number of pyridine rings is 1. The number of anilines is 1. The zero-order valence-corrected chi connectivity index (χ0v) is 11.5. The Balaban J connectivity index is 1.81. The second-order valence-electron chi connectivity index (χ2n) is 4.91. The highest BCUT2D eigenvalue weighted by atomic mass is 16.5. The van der Waals surface area contributed by atoms with Gasteiger partial charge in [0.05, 0.1) is 13.2 Å². The number of aromatic nitrogens is 1. The number of morpholine rings is 1. The summed E-state index contributed by atoms with van der Waals surface area (Å²) < 4.78 is 5.36. The van der Waals surface area contributed by atoms with Crippen LogP contribution in [0.25, 0.3) is 11.1 Å². The normalized spacial score (nSPS) is 15.3. The Morgan fingerprint density at radius 2 is 1.95 bits per heavy atom. The van der Waals surface area contributed by atoms with Crippen LogP contribution in [-0.2, 0) is 11.3 Å². The van der Waals surface area contributed by atoms with Gasteiger partial charge in [0.1, 0.15) is 5.82 Å². The maximum absolute atomic E-state index is 5.68. The topological polar surface area (TPSA) is 51.4 Å². The van der Waals surface area contributed by atoms with Crippen LogP contribution in [-0.4, -0.2) is 31.3 Å². The molecule has 2 N–H and O–H groups in total. The summed E-state index contributed by atoms with van der Waals surface area (Å²) in [7, 11) is 0. The molecule has 1 aromatic heterocycles. The third kappa shape index (κ3) is 2.81. The lowest BCUT2D eigenvalue weighted by Gasteiger charge is -2.27. The molecule has 1 aliphatic rings. The lowest BCUT2D eigenvalue weighted by Crippen LogP contribution is -2.36. The van der Waals surface area contributed by atoms with Crippen molar-refractivity contribution in [3.05, 3.63) is 48.2 Å². The third-order valence-corrected chi connectivity index (χ3v) is 3.58. The van der Waals surface area contributed by atoms with E-state index in [2.05, 4.69) is 34.1 Å². The Morgan fingerprint density at radius 1 is 1.10 bits per heavy atom. The maximum atomic E-state index is 5.68. The van der Waals surface area contributed by atoms with E-state index in [1.54, 1.807) is 0 Å². The summed E-state index contributed by atoms with van der Waals surface area (Å²) in [5.74, 6) is 1.02. The van der Waals surface area contributed by atoms with E-state index in [4.69, 9.17) is 10.5 Å². The zero-order chi connectivity index (χ0) is 13.8. The van der Waals surface area contributed by atoms with Gasteiger partial charge in [0, 0.05) is 31.4 Å². The fourth-order valence-electron chi connectivity index (χ4n) is 2.41. The van der Waals surface area contributed by atoms with Gasteiger partial charge in [-0.05, 0) is 29.3 Å². The quantitative estimate of drug-likeness (QED) is 0.926. The van der Waals surface area contributed by atoms with Crippen molar-refractivity contribution in [3.63, 3.8) is 0 Å². The highest BCUT2D eigenvalue weighted by Gasteiger charge is 2.12. The zero-order valence-electron chi connectivity index (χ0n) is 11.5. The third-order valence-electron chi connectivity index (χ3n) is 3.58. The van der Waals surface area contributed by atoms with Gasteiger partial charge in [-0.15, -0.1) is 0 Å². The standard InChI is InChI=1S/C16H19N3O/c17-11-13-2-1-3-14(10-13)15-4-5-16(18-12-15)19-6-8-20-9-7-19/h1-5,10,12H,6-9,11,17H2. The summed E-state index contributed by atoms with van der Waals surface area (Å²) in [5, 5.41) is 0. The van der Waals surface area contributed by atoms with Crippen LogP contribution < -0.4 is 10.6 Å². The van der Waals surface area contributed by atoms with E-state index in [0.717, 1.165) is 48.8 Å². The Bertz CT molecular complexity index is 562. The van der Waals surface area contributed by atoms with Crippen molar-refractivity contribution in [2.45, 2.75) is 6.54 Å². The van der Waals surface area contributed by atoms with E-state index in [1.165, 1.54) is 0 Å². The van der Waals surface area contributed by atoms with Crippen LogP contribution in [0.2, 0.25) is 0 Å². The minimum absolute atomic E-state index is 0.563. The highest BCUT2D eigenvalue weighted by molar-refractivity contribution is 5.64. The van der Waals surface area contributed by atoms with Crippen molar-refractivity contribution in [1.29, 1.82) is 0 Å². The van der Waals surface area contributed by atoms with Gasteiger partial charge in [0.2, 0.25) is 0 Å². The van der Waals surface area contributed by atoms with Crippen LogP contribution in [0.3, 0.4) is 0 Å². The van der Waals surface area contributed by atoms with Gasteiger partial charge in [-0.1, -0.05) is 18.2 Å². The molecule has 104 valence electrons. The lowest BCUT2D eigenvalue weighted by molar-refractivity contribution is 0.122. The molecule has 0 radical (unpaired) electrons. The van der Waals surface area contributed by atoms with Crippen molar-refractivity contribution in [3.8, 4) is 11.1 Å². The molecule has 0 bridgehead atoms. The summed E-state index contributed by atoms with van der Waals surface area (Å²) in [5.41, 5.74) is 9.11. The van der Waals surface area contributed by atoms with Gasteiger partial charge in [0.15, 0.2) is 0 Å². The lowest BCUT2D eigenvalue weighted by atomic mass is 10.0. The number of nitrogens with zero attached hydrogens (tertiary/aromatic N) is 2. The van der Waals surface area contributed by atoms with Crippen LogP contribution in [0.4, 0.5) is 5.82 Å². The second kappa shape index (κ2) is 6.03. The van der Waals surface area contributed by atoms with Crippen LogP contribution in [0, 0.1) is 0 Å². The van der Waals surface area contributed by atoms with Crippen LogP contribution in [0.15, 0.2) is 42.6 Å². The molecule has 1 fully saturated rings. The monoisotopic (exact) mass is 269 g/mol. The van der Waals surface area contributed by atoms with E-state index >= 15 is 0 Å². The molecule has 1 aromatic carbocycles. The summed E-state index contributed by atoms with van der Waals surface area (Å²) in [4.78, 5) is 6.83. The fourth-order valence-corrected chi connectivity index (χ4v) is 2.41. The van der Waals surface area contributed by atoms with E-state index in [9.17, 15) is 0 Å². The maximum Gasteiger partial charge on any atom is 0.128 e. The van der Waals surface area contributed by atoms with Gasteiger partial charge in [-0.25, -0.2) is 4.98 Å². The second-order valence-corrected chi connectivity index (χ2v) is 4.91. The molecule has 1 saturated heterocycles. The number of ether oxygens (including phenoxy) is 1. The molecule has 20 heavy (non-hydrogen) atoms. The van der Waals surface area contributed by atoms with Gasteiger partial charge >= 0.3 is 0 Å². The predicted molar refractivity (Wildman–Crippen MR) is 80.6 cm³/mol. The molecule has 0 spiro atoms. The van der Waals surface area contributed by atoms with E-state index < -0.39 is 0 Å². The fraction of sp³-hybridized carbons (Fsp3) is 0.312. The molecule has 3 rings (SSSR count). The average Bonchev–Trinajstić information content (AvgIpc) is 2.56. The van der Waals surface area contributed by atoms with Gasteiger partial charge in [-0.3, -0.25) is 0 Å². The molecule has 0 saturated carbocycles. The van der Waals surface area contributed by atoms with Gasteiger partial charge in [0.25, 0.3) is 0 Å². The Morgan fingerprint density at radius 3 is 2.65 bits per heavy atom. The van der Waals surface area contributed by atoms with Gasteiger partial charge < -0.3 is 15.4 Å². The van der Waals surface area contributed by atoms with Crippen LogP contribution >= 0.6 is 0 Å². The molecular weight excluding hydrogens is 250 g/mol. The Hall–Kier alpha value is -1.91. The number of rotatable bonds is 3. The highest BCUT2D eigenvalue weighted by Crippen LogP contribution is 2.22. The first-order valence-electron chi connectivity index (χ1n) is 6.95. The van der Waals surface area contributed by atoms with E-state index in [0.29, 0.717) is 6.54 Å². The molecule has 4 nitrogen and oxygen atoms in total. The van der Waals surface area contributed by atoms with Crippen molar-refractivity contribution in [2.75, 3.05) is 31.2 Å². The largest absolute Gasteiger partial charge is 0.378 e. The first kappa shape index (κ1) is 13.1. The molecular formula is C16H19N3O. The molecule has 0 unspecified atom stereocenters. The van der Waals surface area contributed by atoms with Crippen molar-refractivity contribution in [2.24, 2.45) is 5.73 Å². The van der Waals surface area contributed by atoms with Crippen molar-refractivity contribution in [1.82, 2.24) is 4.98 Å².